The van der Waals surface area contributed by atoms with E-state index in [1.807, 2.05) is 17.5 Å². The predicted molar refractivity (Wildman–Crippen MR) is 68.1 cm³/mol. The highest BCUT2D eigenvalue weighted by Gasteiger charge is 2.06. The van der Waals surface area contributed by atoms with Gasteiger partial charge in [0.1, 0.15) is 12.4 Å². The van der Waals surface area contributed by atoms with Crippen molar-refractivity contribution in [1.29, 1.82) is 0 Å². The summed E-state index contributed by atoms with van der Waals surface area (Å²) in [6.07, 6.45) is 1.58. The lowest BCUT2D eigenvalue weighted by molar-refractivity contribution is 0.129. The molecule has 0 N–H and O–H groups in total. The second-order valence-electron chi connectivity index (χ2n) is 3.22. The van der Waals surface area contributed by atoms with Crippen LogP contribution in [0.25, 0.3) is 0 Å². The van der Waals surface area contributed by atoms with E-state index in [2.05, 4.69) is 5.16 Å². The van der Waals surface area contributed by atoms with Gasteiger partial charge in [0, 0.05) is 10.4 Å². The molecular formula is C12H9ClFNOS. The van der Waals surface area contributed by atoms with Gasteiger partial charge in [-0.2, -0.15) is 0 Å². The first-order chi connectivity index (χ1) is 8.27. The third kappa shape index (κ3) is 3.28. The van der Waals surface area contributed by atoms with Crippen molar-refractivity contribution in [1.82, 2.24) is 0 Å². The summed E-state index contributed by atoms with van der Waals surface area (Å²) in [5.41, 5.74) is 0.317. The Morgan fingerprint density at radius 3 is 2.94 bits per heavy atom. The molecule has 1 heterocycles. The van der Waals surface area contributed by atoms with E-state index >= 15 is 0 Å². The molecule has 1 aromatic carbocycles. The maximum Gasteiger partial charge on any atom is 0.146 e. The minimum Gasteiger partial charge on any atom is -0.391 e. The molecule has 0 unspecified atom stereocenters. The molecule has 5 heteroatoms. The number of benzene rings is 1. The number of halogens is 2. The molecule has 0 fully saturated rings. The summed E-state index contributed by atoms with van der Waals surface area (Å²) in [7, 11) is 0. The van der Waals surface area contributed by atoms with Crippen LogP contribution in [0.2, 0.25) is 5.02 Å². The van der Waals surface area contributed by atoms with E-state index in [0.717, 1.165) is 4.88 Å². The van der Waals surface area contributed by atoms with Crippen LogP contribution in [-0.4, -0.2) is 6.21 Å². The van der Waals surface area contributed by atoms with Crippen LogP contribution in [0.1, 0.15) is 10.4 Å². The lowest BCUT2D eigenvalue weighted by Crippen LogP contribution is -1.93. The maximum absolute atomic E-state index is 13.3. The molecule has 2 aromatic rings. The third-order valence-corrected chi connectivity index (χ3v) is 3.23. The number of hydrogen-bond donors (Lipinski definition) is 0. The molecule has 88 valence electrons. The van der Waals surface area contributed by atoms with Crippen molar-refractivity contribution in [2.24, 2.45) is 5.16 Å². The Bertz CT molecular complexity index is 493. The standard InChI is InChI=1S/C12H9ClFNOS/c13-11-4-1-5-12(14)10(11)8-16-15-7-9-3-2-6-17-9/h1-7H,8H2. The van der Waals surface area contributed by atoms with Crippen molar-refractivity contribution >= 4 is 29.2 Å². The average molecular weight is 270 g/mol. The van der Waals surface area contributed by atoms with Crippen molar-refractivity contribution in [3.8, 4) is 0 Å². The number of hydrogen-bond acceptors (Lipinski definition) is 3. The summed E-state index contributed by atoms with van der Waals surface area (Å²) < 4.78 is 13.3. The first kappa shape index (κ1) is 12.1. The molecule has 0 bridgehead atoms. The van der Waals surface area contributed by atoms with Gasteiger partial charge in [-0.15, -0.1) is 11.3 Å². The van der Waals surface area contributed by atoms with Gasteiger partial charge in [0.15, 0.2) is 0 Å². The van der Waals surface area contributed by atoms with Crippen LogP contribution in [0, 0.1) is 5.82 Å². The Hall–Kier alpha value is -1.39. The van der Waals surface area contributed by atoms with Gasteiger partial charge >= 0.3 is 0 Å². The highest BCUT2D eigenvalue weighted by Crippen LogP contribution is 2.19. The third-order valence-electron chi connectivity index (χ3n) is 2.07. The topological polar surface area (TPSA) is 21.6 Å². The fourth-order valence-electron chi connectivity index (χ4n) is 1.23. The van der Waals surface area contributed by atoms with Gasteiger partial charge in [-0.25, -0.2) is 4.39 Å². The van der Waals surface area contributed by atoms with E-state index in [1.165, 1.54) is 6.07 Å². The molecule has 0 radical (unpaired) electrons. The van der Waals surface area contributed by atoms with E-state index in [0.29, 0.717) is 10.6 Å². The number of rotatable bonds is 4. The molecule has 2 rings (SSSR count). The smallest absolute Gasteiger partial charge is 0.146 e. The fourth-order valence-corrected chi connectivity index (χ4v) is 2.02. The van der Waals surface area contributed by atoms with Gasteiger partial charge in [0.25, 0.3) is 0 Å². The summed E-state index contributed by atoms with van der Waals surface area (Å²) in [5.74, 6) is -0.385. The molecule has 0 aliphatic rings. The zero-order valence-corrected chi connectivity index (χ0v) is 10.3. The van der Waals surface area contributed by atoms with E-state index in [4.69, 9.17) is 16.4 Å². The number of nitrogens with zero attached hydrogens (tertiary/aromatic N) is 1. The minimum atomic E-state index is -0.385. The van der Waals surface area contributed by atoms with Crippen molar-refractivity contribution in [2.75, 3.05) is 0 Å². The summed E-state index contributed by atoms with van der Waals surface area (Å²) in [6, 6.07) is 8.34. The molecule has 1 aromatic heterocycles. The molecule has 2 nitrogen and oxygen atoms in total. The SMILES string of the molecule is Fc1cccc(Cl)c1CON=Cc1cccs1. The zero-order chi connectivity index (χ0) is 12.1. The monoisotopic (exact) mass is 269 g/mol. The number of thiophene rings is 1. The van der Waals surface area contributed by atoms with E-state index in [9.17, 15) is 4.39 Å². The van der Waals surface area contributed by atoms with Crippen LogP contribution >= 0.6 is 22.9 Å². The fraction of sp³-hybridized carbons (Fsp3) is 0.0833. The van der Waals surface area contributed by atoms with Crippen LogP contribution in [0.15, 0.2) is 40.9 Å². The molecule has 0 aliphatic carbocycles. The van der Waals surface area contributed by atoms with Crippen LogP contribution < -0.4 is 0 Å². The molecule has 0 aliphatic heterocycles. The van der Waals surface area contributed by atoms with Crippen molar-refractivity contribution in [3.63, 3.8) is 0 Å². The Morgan fingerprint density at radius 1 is 1.35 bits per heavy atom. The van der Waals surface area contributed by atoms with Gasteiger partial charge in [-0.3, -0.25) is 0 Å². The summed E-state index contributed by atoms with van der Waals surface area (Å²) in [4.78, 5) is 5.98. The van der Waals surface area contributed by atoms with Crippen LogP contribution in [-0.2, 0) is 11.4 Å². The second kappa shape index (κ2) is 5.80. The highest BCUT2D eigenvalue weighted by atomic mass is 35.5. The number of oxime groups is 1. The van der Waals surface area contributed by atoms with E-state index in [1.54, 1.807) is 29.7 Å². The summed E-state index contributed by atoms with van der Waals surface area (Å²) in [6.45, 7) is 0.0212. The molecule has 0 amide bonds. The van der Waals surface area contributed by atoms with E-state index in [-0.39, 0.29) is 12.4 Å². The quantitative estimate of drug-likeness (QED) is 0.605. The lowest BCUT2D eigenvalue weighted by Gasteiger charge is -2.03. The molecule has 0 atom stereocenters. The van der Waals surface area contributed by atoms with Crippen molar-refractivity contribution in [2.45, 2.75) is 6.61 Å². The van der Waals surface area contributed by atoms with Gasteiger partial charge < -0.3 is 4.84 Å². The van der Waals surface area contributed by atoms with Crippen molar-refractivity contribution < 1.29 is 9.23 Å². The minimum absolute atomic E-state index is 0.0212. The molecular weight excluding hydrogens is 261 g/mol. The largest absolute Gasteiger partial charge is 0.391 e. The molecule has 0 spiro atoms. The van der Waals surface area contributed by atoms with Gasteiger partial charge in [-0.05, 0) is 23.6 Å². The lowest BCUT2D eigenvalue weighted by atomic mass is 10.2. The maximum atomic E-state index is 13.3. The molecule has 0 saturated heterocycles. The highest BCUT2D eigenvalue weighted by molar-refractivity contribution is 7.11. The van der Waals surface area contributed by atoms with Crippen LogP contribution in [0.5, 0.6) is 0 Å². The van der Waals surface area contributed by atoms with Crippen LogP contribution in [0.4, 0.5) is 4.39 Å². The molecule has 17 heavy (non-hydrogen) atoms. The van der Waals surface area contributed by atoms with Gasteiger partial charge in [0.05, 0.1) is 11.2 Å². The first-order valence-electron chi connectivity index (χ1n) is 4.89. The first-order valence-corrected chi connectivity index (χ1v) is 6.15. The van der Waals surface area contributed by atoms with E-state index < -0.39 is 0 Å². The predicted octanol–water partition coefficient (Wildman–Crippen LogP) is 4.09. The summed E-state index contributed by atoms with van der Waals surface area (Å²) in [5, 5.41) is 6.03. The Kier molecular flexibility index (Phi) is 4.12. The Balaban J connectivity index is 1.94. The summed E-state index contributed by atoms with van der Waals surface area (Å²) >= 11 is 7.38. The van der Waals surface area contributed by atoms with Crippen LogP contribution in [0.3, 0.4) is 0 Å². The Morgan fingerprint density at radius 2 is 2.24 bits per heavy atom. The van der Waals surface area contributed by atoms with Gasteiger partial charge in [0.2, 0.25) is 0 Å². The normalized spacial score (nSPS) is 10.9. The average Bonchev–Trinajstić information content (AvgIpc) is 2.80. The molecule has 0 saturated carbocycles. The van der Waals surface area contributed by atoms with Crippen molar-refractivity contribution in [3.05, 3.63) is 57.0 Å². The Labute approximate surface area is 107 Å². The zero-order valence-electron chi connectivity index (χ0n) is 8.77. The van der Waals surface area contributed by atoms with Gasteiger partial charge in [-0.1, -0.05) is 28.9 Å². The second-order valence-corrected chi connectivity index (χ2v) is 4.61.